The van der Waals surface area contributed by atoms with E-state index in [-0.39, 0.29) is 5.97 Å². The van der Waals surface area contributed by atoms with Gasteiger partial charge in [0.1, 0.15) is 5.56 Å². The van der Waals surface area contributed by atoms with Crippen LogP contribution in [0.2, 0.25) is 0 Å². The van der Waals surface area contributed by atoms with Gasteiger partial charge in [0.25, 0.3) is 0 Å². The molecule has 1 N–H and O–H groups in total. The van der Waals surface area contributed by atoms with Crippen molar-refractivity contribution in [2.45, 2.75) is 26.0 Å². The van der Waals surface area contributed by atoms with Gasteiger partial charge in [-0.25, -0.2) is 9.59 Å². The van der Waals surface area contributed by atoms with E-state index in [1.54, 1.807) is 36.4 Å². The van der Waals surface area contributed by atoms with E-state index < -0.39 is 12.2 Å². The zero-order valence-corrected chi connectivity index (χ0v) is 16.1. The van der Waals surface area contributed by atoms with E-state index in [4.69, 9.17) is 18.9 Å². The Labute approximate surface area is 163 Å². The molecule has 0 radical (unpaired) electrons. The average Bonchev–Trinajstić information content (AvgIpc) is 3.03. The third-order valence-corrected chi connectivity index (χ3v) is 4.44. The molecule has 1 atom stereocenters. The fourth-order valence-electron chi connectivity index (χ4n) is 2.95. The second kappa shape index (κ2) is 8.65. The number of rotatable bonds is 8. The van der Waals surface area contributed by atoms with Crippen molar-refractivity contribution in [1.82, 2.24) is 0 Å². The number of hydrogen-bond acceptors (Lipinski definition) is 7. The monoisotopic (exact) mass is 385 g/mol. The Morgan fingerprint density at radius 1 is 1.11 bits per heavy atom. The lowest BCUT2D eigenvalue weighted by atomic mass is 10.1. The van der Waals surface area contributed by atoms with E-state index in [9.17, 15) is 9.59 Å². The maximum absolute atomic E-state index is 12.3. The van der Waals surface area contributed by atoms with Gasteiger partial charge in [0.15, 0.2) is 11.5 Å². The predicted molar refractivity (Wildman–Crippen MR) is 103 cm³/mol. The number of ether oxygens (including phenoxy) is 4. The fraction of sp³-hybridized carbons (Fsp3) is 0.333. The number of esters is 2. The summed E-state index contributed by atoms with van der Waals surface area (Å²) in [7, 11) is 2.99. The van der Waals surface area contributed by atoms with E-state index in [0.717, 1.165) is 12.8 Å². The van der Waals surface area contributed by atoms with Gasteiger partial charge in [-0.2, -0.15) is 0 Å². The minimum atomic E-state index is -0.662. The highest BCUT2D eigenvalue weighted by Crippen LogP contribution is 2.42. The number of cyclic esters (lactones) is 1. The molecule has 0 spiro atoms. The van der Waals surface area contributed by atoms with Crippen molar-refractivity contribution in [3.05, 3.63) is 53.1 Å². The lowest BCUT2D eigenvalue weighted by Gasteiger charge is -2.15. The molecule has 0 aliphatic carbocycles. The lowest BCUT2D eigenvalue weighted by molar-refractivity contribution is 0.0434. The SMILES string of the molecule is CCCCOC(=O)c1ccc(NC2OC(=O)c3c2ccc(OC)c3OC)cc1. The summed E-state index contributed by atoms with van der Waals surface area (Å²) in [6.45, 7) is 2.45. The molecule has 0 amide bonds. The Balaban J connectivity index is 1.74. The summed E-state index contributed by atoms with van der Waals surface area (Å²) in [6.07, 6.45) is 1.14. The maximum atomic E-state index is 12.3. The van der Waals surface area contributed by atoms with E-state index in [2.05, 4.69) is 5.32 Å². The van der Waals surface area contributed by atoms with Crippen LogP contribution in [0.4, 0.5) is 5.69 Å². The number of methoxy groups -OCH3 is 2. The van der Waals surface area contributed by atoms with Gasteiger partial charge in [0.05, 0.1) is 26.4 Å². The molecule has 7 nitrogen and oxygen atoms in total. The van der Waals surface area contributed by atoms with Crippen LogP contribution in [0.15, 0.2) is 36.4 Å². The molecular formula is C21H23NO6. The van der Waals surface area contributed by atoms with Crippen molar-refractivity contribution < 1.29 is 28.5 Å². The van der Waals surface area contributed by atoms with Crippen LogP contribution in [-0.2, 0) is 9.47 Å². The first-order valence-corrected chi connectivity index (χ1v) is 9.08. The van der Waals surface area contributed by atoms with Crippen LogP contribution in [0.1, 0.15) is 52.3 Å². The Morgan fingerprint density at radius 2 is 1.86 bits per heavy atom. The molecule has 1 heterocycles. The average molecular weight is 385 g/mol. The molecule has 3 rings (SSSR count). The van der Waals surface area contributed by atoms with Crippen molar-refractivity contribution >= 4 is 17.6 Å². The van der Waals surface area contributed by atoms with Gasteiger partial charge >= 0.3 is 11.9 Å². The van der Waals surface area contributed by atoms with Crippen LogP contribution >= 0.6 is 0 Å². The first-order valence-electron chi connectivity index (χ1n) is 9.08. The first kappa shape index (κ1) is 19.5. The number of carbonyl (C=O) groups excluding carboxylic acids is 2. The number of anilines is 1. The van der Waals surface area contributed by atoms with E-state index in [0.29, 0.717) is 40.5 Å². The number of nitrogens with one attached hydrogen (secondary N) is 1. The molecule has 7 heteroatoms. The fourth-order valence-corrected chi connectivity index (χ4v) is 2.95. The molecule has 148 valence electrons. The van der Waals surface area contributed by atoms with Crippen LogP contribution in [-0.4, -0.2) is 32.8 Å². The van der Waals surface area contributed by atoms with Crippen LogP contribution in [0.25, 0.3) is 0 Å². The smallest absolute Gasteiger partial charge is 0.344 e. The summed E-state index contributed by atoms with van der Waals surface area (Å²) in [4.78, 5) is 24.3. The van der Waals surface area contributed by atoms with E-state index >= 15 is 0 Å². The summed E-state index contributed by atoms with van der Waals surface area (Å²) >= 11 is 0. The number of unbranched alkanes of at least 4 members (excludes halogenated alkanes) is 1. The first-order chi connectivity index (χ1) is 13.6. The zero-order valence-electron chi connectivity index (χ0n) is 16.1. The van der Waals surface area contributed by atoms with Crippen LogP contribution < -0.4 is 14.8 Å². The molecule has 0 aromatic heterocycles. The quantitative estimate of drug-likeness (QED) is 0.544. The van der Waals surface area contributed by atoms with E-state index in [1.165, 1.54) is 14.2 Å². The van der Waals surface area contributed by atoms with Crippen molar-refractivity contribution in [3.8, 4) is 11.5 Å². The number of carbonyl (C=O) groups is 2. The molecular weight excluding hydrogens is 362 g/mol. The highest BCUT2D eigenvalue weighted by atomic mass is 16.6. The number of fused-ring (bicyclic) bond motifs is 1. The molecule has 1 aliphatic rings. The third-order valence-electron chi connectivity index (χ3n) is 4.44. The van der Waals surface area contributed by atoms with Gasteiger partial charge in [-0.1, -0.05) is 13.3 Å². The van der Waals surface area contributed by atoms with Gasteiger partial charge in [-0.3, -0.25) is 0 Å². The largest absolute Gasteiger partial charge is 0.493 e. The highest BCUT2D eigenvalue weighted by Gasteiger charge is 2.35. The van der Waals surface area contributed by atoms with Crippen LogP contribution in [0, 0.1) is 0 Å². The molecule has 1 unspecified atom stereocenters. The summed E-state index contributed by atoms with van der Waals surface area (Å²) < 4.78 is 21.2. The van der Waals surface area contributed by atoms with Crippen molar-refractivity contribution in [3.63, 3.8) is 0 Å². The number of hydrogen-bond donors (Lipinski definition) is 1. The Kier molecular flexibility index (Phi) is 6.03. The summed E-state index contributed by atoms with van der Waals surface area (Å²) in [5.74, 6) is -0.0295. The molecule has 0 bridgehead atoms. The molecule has 0 fully saturated rings. The van der Waals surface area contributed by atoms with Crippen molar-refractivity contribution in [2.75, 3.05) is 26.1 Å². The molecule has 0 saturated heterocycles. The highest BCUT2D eigenvalue weighted by molar-refractivity contribution is 5.98. The van der Waals surface area contributed by atoms with Gasteiger partial charge in [0, 0.05) is 11.3 Å². The van der Waals surface area contributed by atoms with E-state index in [1.807, 2.05) is 6.92 Å². The summed E-state index contributed by atoms with van der Waals surface area (Å²) in [6, 6.07) is 10.3. The van der Waals surface area contributed by atoms with Crippen molar-refractivity contribution in [1.29, 1.82) is 0 Å². The molecule has 0 saturated carbocycles. The second-order valence-electron chi connectivity index (χ2n) is 6.26. The van der Waals surface area contributed by atoms with Gasteiger partial charge in [-0.05, 0) is 42.8 Å². The predicted octanol–water partition coefficient (Wildman–Crippen LogP) is 3.94. The van der Waals surface area contributed by atoms with Crippen molar-refractivity contribution in [2.24, 2.45) is 0 Å². The van der Waals surface area contributed by atoms with Crippen LogP contribution in [0.5, 0.6) is 11.5 Å². The molecule has 2 aromatic rings. The second-order valence-corrected chi connectivity index (χ2v) is 6.26. The van der Waals surface area contributed by atoms with Gasteiger partial charge < -0.3 is 24.3 Å². The van der Waals surface area contributed by atoms with Crippen LogP contribution in [0.3, 0.4) is 0 Å². The topological polar surface area (TPSA) is 83.1 Å². The molecule has 2 aromatic carbocycles. The summed E-state index contributed by atoms with van der Waals surface area (Å²) in [5, 5.41) is 3.14. The standard InChI is InChI=1S/C21H23NO6/c1-4-5-12-27-20(23)13-6-8-14(9-7-13)22-19-15-10-11-16(25-2)18(26-3)17(15)21(24)28-19/h6-11,19,22H,4-5,12H2,1-3H3. The third kappa shape index (κ3) is 3.88. The number of benzene rings is 2. The minimum Gasteiger partial charge on any atom is -0.493 e. The molecule has 1 aliphatic heterocycles. The Bertz CT molecular complexity index is 862. The molecule has 28 heavy (non-hydrogen) atoms. The summed E-state index contributed by atoms with van der Waals surface area (Å²) in [5.41, 5.74) is 2.17. The van der Waals surface area contributed by atoms with Gasteiger partial charge in [-0.15, -0.1) is 0 Å². The normalized spacial score (nSPS) is 14.8. The Morgan fingerprint density at radius 3 is 2.50 bits per heavy atom. The Hall–Kier alpha value is -3.22. The maximum Gasteiger partial charge on any atom is 0.344 e. The lowest BCUT2D eigenvalue weighted by Crippen LogP contribution is -2.11. The zero-order chi connectivity index (χ0) is 20.1. The van der Waals surface area contributed by atoms with Gasteiger partial charge in [0.2, 0.25) is 6.23 Å². The minimum absolute atomic E-state index is 0.343.